The quantitative estimate of drug-likeness (QED) is 0.110. The lowest BCUT2D eigenvalue weighted by Crippen LogP contribution is -2.51. The molecule has 1 amide bonds. The molecule has 3 fully saturated rings. The van der Waals surface area contributed by atoms with Gasteiger partial charge < -0.3 is 19.4 Å². The molecule has 286 valence electrons. The third-order valence-corrected chi connectivity index (χ3v) is 13.5. The van der Waals surface area contributed by atoms with E-state index in [1.54, 1.807) is 5.57 Å². The van der Waals surface area contributed by atoms with Crippen molar-refractivity contribution in [3.05, 3.63) is 11.6 Å². The van der Waals surface area contributed by atoms with E-state index in [0.717, 1.165) is 93.8 Å². The van der Waals surface area contributed by atoms with E-state index in [1.165, 1.54) is 51.4 Å². The minimum Gasteiger partial charge on any atom is -0.462 e. The Morgan fingerprint density at radius 1 is 0.816 bits per heavy atom. The van der Waals surface area contributed by atoms with Crippen molar-refractivity contribution in [2.75, 3.05) is 54.4 Å². The van der Waals surface area contributed by atoms with Gasteiger partial charge in [0.25, 0.3) is 0 Å². The summed E-state index contributed by atoms with van der Waals surface area (Å²) in [5, 5.41) is 0. The van der Waals surface area contributed by atoms with Crippen molar-refractivity contribution in [2.45, 2.75) is 137 Å². The van der Waals surface area contributed by atoms with E-state index >= 15 is 0 Å². The molecule has 0 saturated heterocycles. The van der Waals surface area contributed by atoms with Crippen LogP contribution in [0, 0.1) is 46.3 Å². The van der Waals surface area contributed by atoms with Gasteiger partial charge in [-0.25, -0.2) is 0 Å². The normalized spacial score (nSPS) is 31.2. The van der Waals surface area contributed by atoms with Crippen molar-refractivity contribution >= 4 is 36.7 Å². The Balaban J connectivity index is 0.00000417. The zero-order valence-electron chi connectivity index (χ0n) is 32.9. The van der Waals surface area contributed by atoms with Gasteiger partial charge in [-0.3, -0.25) is 9.59 Å². The third-order valence-electron chi connectivity index (χ3n) is 13.5. The Hall–Kier alpha value is -0.820. The molecule has 0 bridgehead atoms. The van der Waals surface area contributed by atoms with Crippen LogP contribution in [-0.2, 0) is 14.3 Å². The predicted octanol–water partition coefficient (Wildman–Crippen LogP) is 9.30. The van der Waals surface area contributed by atoms with Crippen molar-refractivity contribution in [3.63, 3.8) is 0 Å². The maximum Gasteiger partial charge on any atom is 0.306 e. The zero-order chi connectivity index (χ0) is 34.4. The Labute approximate surface area is 314 Å². The molecule has 4 rings (SSSR count). The standard InChI is InChI=1S/C41H73N3O3.2ClH/c1-30(2)13-10-14-31(3)35-17-18-36-34-16-15-32-29-33(21-23-40(32,4)37(34)22-24-41(35,36)5)47-39(46)20-19-38(45)44(27-11-25-42(6)7)28-12-26-43(8)9;;/h15,30-31,33-37H,10-14,16-29H2,1-9H3;2*1H/t31-,33+,34+,35-,36+,37+,40+,41-;;/m1../s1. The first kappa shape index (κ1) is 44.3. The maximum atomic E-state index is 13.2. The predicted molar refractivity (Wildman–Crippen MR) is 210 cm³/mol. The Morgan fingerprint density at radius 2 is 1.47 bits per heavy atom. The molecule has 8 atom stereocenters. The third kappa shape index (κ3) is 11.3. The highest BCUT2D eigenvalue weighted by molar-refractivity contribution is 5.85. The van der Waals surface area contributed by atoms with E-state index in [9.17, 15) is 9.59 Å². The second-order valence-electron chi connectivity index (χ2n) is 17.8. The minimum atomic E-state index is -0.198. The molecule has 0 N–H and O–H groups in total. The number of rotatable bonds is 17. The SMILES string of the molecule is CC(C)CCC[C@@H](C)[C@H]1CC[C@H]2[C@@H]3CC=C4C[C@@H](OC(=O)CCC(=O)N(CCCN(C)C)CCCN(C)C)CC[C@]4(C)[C@H]3CC[C@]12C.Cl.Cl. The number of halogens is 2. The van der Waals surface area contributed by atoms with Crippen molar-refractivity contribution < 1.29 is 14.3 Å². The molecule has 0 spiro atoms. The van der Waals surface area contributed by atoms with Crippen LogP contribution in [0.2, 0.25) is 0 Å². The van der Waals surface area contributed by atoms with Crippen LogP contribution in [0.25, 0.3) is 0 Å². The van der Waals surface area contributed by atoms with Gasteiger partial charge in [-0.15, -0.1) is 24.8 Å². The monoisotopic (exact) mass is 728 g/mol. The van der Waals surface area contributed by atoms with Gasteiger partial charge >= 0.3 is 5.97 Å². The number of carbonyl (C=O) groups excluding carboxylic acids is 2. The van der Waals surface area contributed by atoms with Crippen LogP contribution >= 0.6 is 24.8 Å². The van der Waals surface area contributed by atoms with Crippen molar-refractivity contribution in [1.82, 2.24) is 14.7 Å². The Bertz CT molecular complexity index is 1050. The van der Waals surface area contributed by atoms with Crippen LogP contribution in [0.15, 0.2) is 11.6 Å². The van der Waals surface area contributed by atoms with Gasteiger partial charge in [-0.2, -0.15) is 0 Å². The number of hydrogen-bond donors (Lipinski definition) is 0. The molecule has 6 nitrogen and oxygen atoms in total. The summed E-state index contributed by atoms with van der Waals surface area (Å²) in [5.41, 5.74) is 2.33. The summed E-state index contributed by atoms with van der Waals surface area (Å²) in [6.45, 7) is 15.9. The van der Waals surface area contributed by atoms with Gasteiger partial charge in [-0.05, 0) is 145 Å². The van der Waals surface area contributed by atoms with Gasteiger partial charge in [0.15, 0.2) is 0 Å². The van der Waals surface area contributed by atoms with E-state index in [4.69, 9.17) is 4.74 Å². The molecule has 0 radical (unpaired) electrons. The van der Waals surface area contributed by atoms with Gasteiger partial charge in [0, 0.05) is 25.9 Å². The Kier molecular flexibility index (Phi) is 18.0. The first-order valence-electron chi connectivity index (χ1n) is 19.7. The molecule has 0 aliphatic heterocycles. The topological polar surface area (TPSA) is 53.1 Å². The number of ether oxygens (including phenoxy) is 1. The average Bonchev–Trinajstić information content (AvgIpc) is 3.36. The van der Waals surface area contributed by atoms with Gasteiger partial charge in [0.1, 0.15) is 6.10 Å². The van der Waals surface area contributed by atoms with Gasteiger partial charge in [0.05, 0.1) is 6.42 Å². The van der Waals surface area contributed by atoms with Crippen LogP contribution in [0.4, 0.5) is 0 Å². The van der Waals surface area contributed by atoms with Crippen LogP contribution in [-0.4, -0.2) is 87.0 Å². The zero-order valence-corrected chi connectivity index (χ0v) is 34.6. The van der Waals surface area contributed by atoms with Crippen LogP contribution < -0.4 is 0 Å². The second kappa shape index (κ2) is 19.9. The van der Waals surface area contributed by atoms with E-state index in [2.05, 4.69) is 78.7 Å². The number of carbonyl (C=O) groups is 2. The second-order valence-corrected chi connectivity index (χ2v) is 17.8. The summed E-state index contributed by atoms with van der Waals surface area (Å²) < 4.78 is 6.09. The summed E-state index contributed by atoms with van der Waals surface area (Å²) in [6, 6.07) is 0. The highest BCUT2D eigenvalue weighted by Gasteiger charge is 2.59. The largest absolute Gasteiger partial charge is 0.462 e. The van der Waals surface area contributed by atoms with Crippen molar-refractivity contribution in [1.29, 1.82) is 0 Å². The summed E-state index contributed by atoms with van der Waals surface area (Å²) in [7, 11) is 8.26. The number of hydrogen-bond acceptors (Lipinski definition) is 5. The fourth-order valence-corrected chi connectivity index (χ4v) is 10.9. The lowest BCUT2D eigenvalue weighted by atomic mass is 9.47. The van der Waals surface area contributed by atoms with Crippen molar-refractivity contribution in [3.8, 4) is 0 Å². The van der Waals surface area contributed by atoms with E-state index in [1.807, 2.05) is 4.90 Å². The van der Waals surface area contributed by atoms with Crippen molar-refractivity contribution in [2.24, 2.45) is 46.3 Å². The number of nitrogens with zero attached hydrogens (tertiary/aromatic N) is 3. The number of esters is 1. The summed E-state index contributed by atoms with van der Waals surface area (Å²) in [6.07, 6.45) is 18.9. The van der Waals surface area contributed by atoms with Gasteiger partial charge in [-0.1, -0.05) is 65.5 Å². The van der Waals surface area contributed by atoms with Gasteiger partial charge in [0.2, 0.25) is 5.91 Å². The molecule has 0 unspecified atom stereocenters. The molecule has 0 aromatic heterocycles. The minimum absolute atomic E-state index is 0. The molecule has 4 aliphatic rings. The molecular weight excluding hydrogens is 653 g/mol. The number of fused-ring (bicyclic) bond motifs is 5. The van der Waals surface area contributed by atoms with E-state index in [0.29, 0.717) is 5.41 Å². The maximum absolute atomic E-state index is 13.2. The van der Waals surface area contributed by atoms with E-state index < -0.39 is 0 Å². The number of amides is 1. The summed E-state index contributed by atoms with van der Waals surface area (Å²) >= 11 is 0. The summed E-state index contributed by atoms with van der Waals surface area (Å²) in [5.74, 6) is 4.90. The highest BCUT2D eigenvalue weighted by Crippen LogP contribution is 2.67. The number of allylic oxidation sites excluding steroid dienone is 1. The lowest BCUT2D eigenvalue weighted by molar-refractivity contribution is -0.153. The lowest BCUT2D eigenvalue weighted by Gasteiger charge is -2.58. The molecule has 0 aromatic carbocycles. The Morgan fingerprint density at radius 3 is 2.08 bits per heavy atom. The highest BCUT2D eigenvalue weighted by atomic mass is 35.5. The molecule has 4 aliphatic carbocycles. The molecule has 3 saturated carbocycles. The molecule has 0 heterocycles. The first-order chi connectivity index (χ1) is 22.2. The van der Waals surface area contributed by atoms with Crippen LogP contribution in [0.1, 0.15) is 131 Å². The smallest absolute Gasteiger partial charge is 0.306 e. The van der Waals surface area contributed by atoms with E-state index in [-0.39, 0.29) is 61.1 Å². The summed E-state index contributed by atoms with van der Waals surface area (Å²) in [4.78, 5) is 32.5. The fourth-order valence-electron chi connectivity index (χ4n) is 10.9. The fraction of sp³-hybridized carbons (Fsp3) is 0.902. The first-order valence-corrected chi connectivity index (χ1v) is 19.7. The molecular formula is C41H75Cl2N3O3. The van der Waals surface area contributed by atoms with Crippen LogP contribution in [0.3, 0.4) is 0 Å². The molecule has 49 heavy (non-hydrogen) atoms. The molecule has 8 heteroatoms. The molecule has 0 aromatic rings. The van der Waals surface area contributed by atoms with Crippen LogP contribution in [0.5, 0.6) is 0 Å². The average molecular weight is 729 g/mol.